The van der Waals surface area contributed by atoms with E-state index in [2.05, 4.69) is 72.2 Å². The lowest BCUT2D eigenvalue weighted by atomic mass is 10.2. The fraction of sp³-hybridized carbons (Fsp3) is 0.103. The molecule has 0 fully saturated rings. The Bertz CT molecular complexity index is 2550. The average Bonchev–Trinajstić information content (AvgIpc) is 3.09. The normalized spacial score (nSPS) is 11.5. The van der Waals surface area contributed by atoms with E-state index in [1.54, 1.807) is 31.3 Å². The van der Waals surface area contributed by atoms with Gasteiger partial charge in [-0.3, -0.25) is 14.0 Å². The van der Waals surface area contributed by atoms with E-state index in [4.69, 9.17) is 21.3 Å². The lowest BCUT2D eigenvalue weighted by molar-refractivity contribution is -0.135. The summed E-state index contributed by atoms with van der Waals surface area (Å²) in [6.07, 6.45) is 2.39. The van der Waals surface area contributed by atoms with Gasteiger partial charge in [-0.05, 0) is 95.1 Å². The van der Waals surface area contributed by atoms with Gasteiger partial charge in [-0.25, -0.2) is 8.42 Å². The summed E-state index contributed by atoms with van der Waals surface area (Å²) in [7, 11) is -11.7. The highest BCUT2D eigenvalue weighted by Gasteiger charge is 2.21. The predicted molar refractivity (Wildman–Crippen MR) is 196 cm³/mol. The van der Waals surface area contributed by atoms with Crippen LogP contribution >= 0.6 is 23.4 Å². The van der Waals surface area contributed by atoms with Crippen LogP contribution in [0.4, 0.5) is 40.3 Å². The number of azo groups is 1. The summed E-state index contributed by atoms with van der Waals surface area (Å²) in [4.78, 5) is 20.1. The molecule has 0 unspecified atom stereocenters. The molecule has 4 aromatic rings. The van der Waals surface area contributed by atoms with Crippen molar-refractivity contribution in [3.8, 4) is 11.4 Å². The first-order valence-electron chi connectivity index (χ1n) is 14.3. The molecule has 0 radical (unpaired) electrons. The lowest BCUT2D eigenvalue weighted by Crippen LogP contribution is -2.19. The average molecular weight is 838 g/mol. The number of nitrogens with one attached hydrogen (secondary N) is 3. The molecular weight excluding hydrogens is 814 g/mol. The molecule has 3 aromatic carbocycles. The van der Waals surface area contributed by atoms with Crippen molar-refractivity contribution in [3.63, 3.8) is 0 Å². The van der Waals surface area contributed by atoms with Crippen LogP contribution in [0, 0.1) is 11.4 Å². The number of aromatic nitrogens is 3. The van der Waals surface area contributed by atoms with Gasteiger partial charge in [-0.15, -0.1) is 5.11 Å². The minimum Gasteiger partial charge on any atom is -0.507 e. The second kappa shape index (κ2) is 18.6. The van der Waals surface area contributed by atoms with Crippen LogP contribution in [0.3, 0.4) is 0 Å². The van der Waals surface area contributed by atoms with Gasteiger partial charge in [0.2, 0.25) is 17.2 Å². The third-order valence-electron chi connectivity index (χ3n) is 6.07. The third kappa shape index (κ3) is 12.9. The van der Waals surface area contributed by atoms with Crippen LogP contribution in [0.25, 0.3) is 0 Å². The number of halogens is 1. The highest BCUT2D eigenvalue weighted by Crippen LogP contribution is 2.38. The second-order valence-corrected chi connectivity index (χ2v) is 15.5. The second-order valence-electron chi connectivity index (χ2n) is 9.84. The summed E-state index contributed by atoms with van der Waals surface area (Å²) in [5.74, 6) is 1.76. The maximum Gasteiger partial charge on any atom is 0.433 e. The molecule has 282 valence electrons. The van der Waals surface area contributed by atoms with Gasteiger partial charge in [-0.2, -0.15) is 41.9 Å². The summed E-state index contributed by atoms with van der Waals surface area (Å²) in [6, 6.07) is 14.0. The first kappa shape index (κ1) is 41.3. The third-order valence-corrected chi connectivity index (χ3v) is 9.77. The van der Waals surface area contributed by atoms with Crippen molar-refractivity contribution in [1.82, 2.24) is 20.3 Å². The Labute approximate surface area is 316 Å². The summed E-state index contributed by atoms with van der Waals surface area (Å²) in [5.41, 5.74) is 2.12. The number of benzene rings is 3. The van der Waals surface area contributed by atoms with Crippen LogP contribution in [0.1, 0.15) is 0 Å². The fourth-order valence-corrected chi connectivity index (χ4v) is 6.54. The molecule has 1 aromatic heterocycles. The van der Waals surface area contributed by atoms with Crippen LogP contribution in [0.2, 0.25) is 5.28 Å². The smallest absolute Gasteiger partial charge is 0.433 e. The van der Waals surface area contributed by atoms with E-state index in [1.807, 2.05) is 6.11 Å². The van der Waals surface area contributed by atoms with Gasteiger partial charge in [-0.1, -0.05) is 6.07 Å². The van der Waals surface area contributed by atoms with Gasteiger partial charge in [0.25, 0.3) is 10.1 Å². The molecule has 0 spiro atoms. The van der Waals surface area contributed by atoms with Crippen molar-refractivity contribution < 1.29 is 48.7 Å². The summed E-state index contributed by atoms with van der Waals surface area (Å²) in [6.45, 7) is 0.242. The van der Waals surface area contributed by atoms with Gasteiger partial charge in [0.05, 0.1) is 27.7 Å². The molecule has 1 heterocycles. The maximum absolute atomic E-state index is 12.5. The molecule has 20 nitrogen and oxygen atoms in total. The van der Waals surface area contributed by atoms with Gasteiger partial charge in [0, 0.05) is 28.2 Å². The summed E-state index contributed by atoms with van der Waals surface area (Å²) in [5, 5.41) is 27.7. The molecule has 0 aliphatic carbocycles. The Balaban J connectivity index is 1.68. The lowest BCUT2D eigenvalue weighted by Gasteiger charge is -2.12. The van der Waals surface area contributed by atoms with Crippen LogP contribution in [-0.2, 0) is 39.6 Å². The molecule has 0 aliphatic heterocycles. The van der Waals surface area contributed by atoms with E-state index in [9.17, 15) is 29.8 Å². The number of aliphatic hydroxyl groups excluding tert-OH is 1. The zero-order chi connectivity index (χ0) is 39.4. The number of aliphatic hydroxyl groups is 1. The van der Waals surface area contributed by atoms with E-state index in [0.29, 0.717) is 16.8 Å². The van der Waals surface area contributed by atoms with Crippen molar-refractivity contribution in [2.24, 2.45) is 15.2 Å². The van der Waals surface area contributed by atoms with Crippen LogP contribution < -0.4 is 16.0 Å². The number of hydrogen-bond acceptors (Lipinski definition) is 19. The van der Waals surface area contributed by atoms with E-state index in [1.165, 1.54) is 24.3 Å². The Morgan fingerprint density at radius 1 is 0.926 bits per heavy atom. The molecule has 0 aliphatic rings. The SMILES string of the molecule is CNCCS(=O)(=O)c1ccc(N=Nc2cc(S(=O)(=O)O)c(N=C=C=CO)cc2Nc2nc(Cl)nc(Nc3cccc(SC#COOS(=O)(=O)O)c3)n2)cc1. The number of thioether (sulfide) groups is 1. The molecule has 25 heteroatoms. The molecule has 0 saturated heterocycles. The van der Waals surface area contributed by atoms with E-state index in [0.717, 1.165) is 23.9 Å². The zero-order valence-corrected chi connectivity index (χ0v) is 31.1. The number of nitrogens with zero attached hydrogens (tertiary/aromatic N) is 6. The molecule has 0 amide bonds. The van der Waals surface area contributed by atoms with Crippen molar-refractivity contribution in [1.29, 1.82) is 0 Å². The zero-order valence-electron chi connectivity index (χ0n) is 27.1. The summed E-state index contributed by atoms with van der Waals surface area (Å²) < 4.78 is 92.8. The standard InChI is InChI=1S/C29H24ClN9O11S4/c1-31-11-15-52(41,42)22-8-6-19(7-9-22)38-39-24-18-26(53(43,44)45)25(32-10-3-12-40)17-23(24)34-29-36-27(30)35-28(37-29)33-20-4-2-5-21(16-20)51-14-13-49-50-54(46,47)48/h2,4-9,12,16-18,31,40H,11,15H2,1H3,(H,43,44,45)(H,46,47,48)(H2,33,34,35,36,37). The fourth-order valence-electron chi connectivity index (χ4n) is 3.85. The minimum absolute atomic E-state index is 0.0312. The Kier molecular flexibility index (Phi) is 14.2. The number of anilines is 4. The maximum atomic E-state index is 12.5. The predicted octanol–water partition coefficient (Wildman–Crippen LogP) is 4.96. The molecule has 0 bridgehead atoms. The first-order valence-corrected chi connectivity index (χ1v) is 20.0. The Morgan fingerprint density at radius 2 is 1.65 bits per heavy atom. The van der Waals surface area contributed by atoms with Gasteiger partial charge < -0.3 is 21.1 Å². The highest BCUT2D eigenvalue weighted by molar-refractivity contribution is 8.04. The number of sulfone groups is 1. The Hall–Kier alpha value is -5.41. The van der Waals surface area contributed by atoms with Crippen LogP contribution in [0.15, 0.2) is 103 Å². The van der Waals surface area contributed by atoms with Crippen molar-refractivity contribution in [2.75, 3.05) is 30.0 Å². The monoisotopic (exact) mass is 837 g/mol. The van der Waals surface area contributed by atoms with Crippen molar-refractivity contribution >= 4 is 99.9 Å². The van der Waals surface area contributed by atoms with E-state index in [-0.39, 0.29) is 57.1 Å². The number of hydrogen-bond donors (Lipinski definition) is 6. The van der Waals surface area contributed by atoms with Crippen LogP contribution in [0.5, 0.6) is 0 Å². The largest absolute Gasteiger partial charge is 0.507 e. The Morgan fingerprint density at radius 3 is 2.31 bits per heavy atom. The molecule has 0 atom stereocenters. The van der Waals surface area contributed by atoms with E-state index >= 15 is 0 Å². The quantitative estimate of drug-likeness (QED) is 0.0106. The molecular formula is C29H24ClN9O11S4. The van der Waals surface area contributed by atoms with Gasteiger partial charge in [0.15, 0.2) is 15.9 Å². The number of rotatable bonds is 15. The topological polar surface area (TPSA) is 293 Å². The van der Waals surface area contributed by atoms with Gasteiger partial charge >= 0.3 is 10.4 Å². The van der Waals surface area contributed by atoms with Crippen LogP contribution in [-0.4, -0.2) is 79.6 Å². The van der Waals surface area contributed by atoms with Crippen molar-refractivity contribution in [2.45, 2.75) is 14.7 Å². The highest BCUT2D eigenvalue weighted by atomic mass is 35.5. The van der Waals surface area contributed by atoms with Gasteiger partial charge in [0.1, 0.15) is 16.8 Å². The molecule has 54 heavy (non-hydrogen) atoms. The number of aliphatic imine (C=N–C) groups is 1. The summed E-state index contributed by atoms with van der Waals surface area (Å²) >= 11 is 7.09. The van der Waals surface area contributed by atoms with Crippen molar-refractivity contribution in [3.05, 3.63) is 77.9 Å². The molecule has 4 rings (SSSR count). The minimum atomic E-state index is -4.93. The first-order chi connectivity index (χ1) is 25.6. The molecule has 0 saturated carbocycles. The molecule has 6 N–H and O–H groups in total. The van der Waals surface area contributed by atoms with E-state index < -0.39 is 35.2 Å².